The number of hydrogen-bond acceptors (Lipinski definition) is 6. The van der Waals surface area contributed by atoms with Gasteiger partial charge in [0.05, 0.1) is 40.4 Å². The van der Waals surface area contributed by atoms with Crippen LogP contribution in [0.2, 0.25) is 0 Å². The molecule has 0 spiro atoms. The number of rotatable bonds is 3. The van der Waals surface area contributed by atoms with Gasteiger partial charge in [0.25, 0.3) is 0 Å². The van der Waals surface area contributed by atoms with Crippen LogP contribution in [-0.4, -0.2) is 16.2 Å². The van der Waals surface area contributed by atoms with Crippen molar-refractivity contribution in [2.75, 3.05) is 10.6 Å². The van der Waals surface area contributed by atoms with E-state index in [2.05, 4.69) is 27.4 Å². The Morgan fingerprint density at radius 3 is 2.68 bits per heavy atom. The van der Waals surface area contributed by atoms with E-state index in [4.69, 9.17) is 9.26 Å². The van der Waals surface area contributed by atoms with Gasteiger partial charge in [0, 0.05) is 10.9 Å². The van der Waals surface area contributed by atoms with Gasteiger partial charge in [-0.2, -0.15) is 0 Å². The lowest BCUT2D eigenvalue weighted by Crippen LogP contribution is -2.07. The molecule has 3 aromatic rings. The molecule has 2 aromatic heterocycles. The number of benzene rings is 1. The van der Waals surface area contributed by atoms with Gasteiger partial charge in [0.1, 0.15) is 17.3 Å². The van der Waals surface area contributed by atoms with Crippen molar-refractivity contribution in [1.29, 1.82) is 0 Å². The maximum atomic E-state index is 6.11. The second-order valence-electron chi connectivity index (χ2n) is 6.51. The van der Waals surface area contributed by atoms with Gasteiger partial charge < -0.3 is 19.9 Å². The second-order valence-corrected chi connectivity index (χ2v) is 6.51. The largest absolute Gasteiger partial charge is 0.490 e. The zero-order valence-corrected chi connectivity index (χ0v) is 14.7. The van der Waals surface area contributed by atoms with Crippen LogP contribution in [0.3, 0.4) is 0 Å². The van der Waals surface area contributed by atoms with Crippen molar-refractivity contribution in [2.45, 2.75) is 33.8 Å². The van der Waals surface area contributed by atoms with E-state index in [1.165, 1.54) is 0 Å². The number of anilines is 2. The van der Waals surface area contributed by atoms with Crippen LogP contribution in [0, 0.1) is 13.8 Å². The summed E-state index contributed by atoms with van der Waals surface area (Å²) in [7, 11) is 0. The maximum absolute atomic E-state index is 6.11. The Labute approximate surface area is 145 Å². The van der Waals surface area contributed by atoms with E-state index in [0.717, 1.165) is 56.4 Å². The van der Waals surface area contributed by atoms with Crippen LogP contribution in [0.4, 0.5) is 11.4 Å². The molecule has 1 aromatic carbocycles. The number of ether oxygens (including phenoxy) is 1. The normalized spacial score (nSPS) is 13.1. The third kappa shape index (κ3) is 2.50. The Morgan fingerprint density at radius 2 is 2.00 bits per heavy atom. The quantitative estimate of drug-likeness (QED) is 0.728. The monoisotopic (exact) mass is 336 g/mol. The highest BCUT2D eigenvalue weighted by molar-refractivity contribution is 6.03. The van der Waals surface area contributed by atoms with Crippen molar-refractivity contribution < 1.29 is 9.26 Å². The van der Waals surface area contributed by atoms with Gasteiger partial charge >= 0.3 is 0 Å². The van der Waals surface area contributed by atoms with Gasteiger partial charge in [-0.25, -0.2) is 0 Å². The first-order valence-electron chi connectivity index (χ1n) is 8.23. The highest BCUT2D eigenvalue weighted by Crippen LogP contribution is 2.42. The van der Waals surface area contributed by atoms with E-state index < -0.39 is 0 Å². The van der Waals surface area contributed by atoms with E-state index >= 15 is 0 Å². The SMILES string of the molecule is C=C1Nc2cnc3cc(-c4c(C)noc4C)c(OC(C)C)cc3c2N1. The first-order chi connectivity index (χ1) is 11.9. The minimum absolute atomic E-state index is 0.0439. The predicted molar refractivity (Wildman–Crippen MR) is 98.9 cm³/mol. The summed E-state index contributed by atoms with van der Waals surface area (Å²) in [5.41, 5.74) is 5.48. The summed E-state index contributed by atoms with van der Waals surface area (Å²) in [6, 6.07) is 4.05. The van der Waals surface area contributed by atoms with E-state index in [1.807, 2.05) is 46.0 Å². The fourth-order valence-corrected chi connectivity index (χ4v) is 3.21. The minimum atomic E-state index is 0.0439. The summed E-state index contributed by atoms with van der Waals surface area (Å²) in [5, 5.41) is 11.5. The van der Waals surface area contributed by atoms with Crippen LogP contribution < -0.4 is 15.4 Å². The maximum Gasteiger partial charge on any atom is 0.141 e. The van der Waals surface area contributed by atoms with Crippen LogP contribution in [0.25, 0.3) is 22.0 Å². The standard InChI is InChI=1S/C19H20N4O2/c1-9(2)24-17-7-13-15(20-8-16-19(13)22-12(5)21-16)6-14(17)18-10(3)23-25-11(18)4/h6-9,21-22H,5H2,1-4H3. The van der Waals surface area contributed by atoms with Crippen molar-refractivity contribution in [1.82, 2.24) is 10.1 Å². The lowest BCUT2D eigenvalue weighted by Gasteiger charge is -2.16. The number of fused-ring (bicyclic) bond motifs is 3. The molecule has 0 aliphatic carbocycles. The third-order valence-electron chi connectivity index (χ3n) is 4.20. The average molecular weight is 336 g/mol. The molecule has 0 radical (unpaired) electrons. The molecule has 0 fully saturated rings. The smallest absolute Gasteiger partial charge is 0.141 e. The predicted octanol–water partition coefficient (Wildman–Crippen LogP) is 4.60. The van der Waals surface area contributed by atoms with Gasteiger partial charge in [-0.1, -0.05) is 11.7 Å². The van der Waals surface area contributed by atoms with E-state index in [1.54, 1.807) is 0 Å². The fraction of sp³-hybridized carbons (Fsp3) is 0.263. The number of pyridine rings is 1. The van der Waals surface area contributed by atoms with Crippen molar-refractivity contribution >= 4 is 22.3 Å². The molecular weight excluding hydrogens is 316 g/mol. The zero-order valence-electron chi connectivity index (χ0n) is 14.7. The van der Waals surface area contributed by atoms with E-state index in [-0.39, 0.29) is 6.10 Å². The molecule has 1 aliphatic heterocycles. The Bertz CT molecular complexity index is 985. The Hall–Kier alpha value is -3.02. The summed E-state index contributed by atoms with van der Waals surface area (Å²) in [5.74, 6) is 2.29. The molecule has 0 atom stereocenters. The molecule has 0 amide bonds. The van der Waals surface area contributed by atoms with Crippen LogP contribution in [0.1, 0.15) is 25.3 Å². The molecule has 2 N–H and O–H groups in total. The summed E-state index contributed by atoms with van der Waals surface area (Å²) < 4.78 is 11.5. The first kappa shape index (κ1) is 15.5. The zero-order chi connectivity index (χ0) is 17.7. The highest BCUT2D eigenvalue weighted by Gasteiger charge is 2.22. The van der Waals surface area contributed by atoms with Crippen molar-refractivity contribution in [3.63, 3.8) is 0 Å². The van der Waals surface area contributed by atoms with Gasteiger partial charge in [0.15, 0.2) is 0 Å². The highest BCUT2D eigenvalue weighted by atomic mass is 16.5. The lowest BCUT2D eigenvalue weighted by atomic mass is 10.00. The van der Waals surface area contributed by atoms with Crippen molar-refractivity contribution in [3.8, 4) is 16.9 Å². The average Bonchev–Trinajstić information content (AvgIpc) is 3.08. The van der Waals surface area contributed by atoms with Crippen LogP contribution >= 0.6 is 0 Å². The molecule has 4 rings (SSSR count). The summed E-state index contributed by atoms with van der Waals surface area (Å²) in [4.78, 5) is 4.59. The Balaban J connectivity index is 2.00. The van der Waals surface area contributed by atoms with Gasteiger partial charge in [0.2, 0.25) is 0 Å². The van der Waals surface area contributed by atoms with Crippen LogP contribution in [0.15, 0.2) is 35.3 Å². The minimum Gasteiger partial charge on any atom is -0.490 e. The Kier molecular flexibility index (Phi) is 3.42. The fourth-order valence-electron chi connectivity index (χ4n) is 3.21. The molecule has 0 saturated heterocycles. The molecule has 0 bridgehead atoms. The molecule has 0 unspecified atom stereocenters. The number of nitrogens with one attached hydrogen (secondary N) is 2. The van der Waals surface area contributed by atoms with E-state index in [0.29, 0.717) is 0 Å². The first-order valence-corrected chi connectivity index (χ1v) is 8.23. The van der Waals surface area contributed by atoms with Crippen LogP contribution in [0.5, 0.6) is 5.75 Å². The Morgan fingerprint density at radius 1 is 1.20 bits per heavy atom. The molecule has 3 heterocycles. The molecular formula is C19H20N4O2. The molecule has 128 valence electrons. The van der Waals surface area contributed by atoms with Gasteiger partial charge in [-0.05, 0) is 39.8 Å². The number of nitrogens with zero attached hydrogens (tertiary/aromatic N) is 2. The lowest BCUT2D eigenvalue weighted by molar-refractivity contribution is 0.244. The van der Waals surface area contributed by atoms with Gasteiger partial charge in [-0.15, -0.1) is 0 Å². The number of aromatic nitrogens is 2. The van der Waals surface area contributed by atoms with Crippen LogP contribution in [-0.2, 0) is 0 Å². The molecule has 1 aliphatic rings. The summed E-state index contributed by atoms with van der Waals surface area (Å²) >= 11 is 0. The van der Waals surface area contributed by atoms with Gasteiger partial charge in [-0.3, -0.25) is 4.98 Å². The van der Waals surface area contributed by atoms with Crippen molar-refractivity contribution in [3.05, 3.63) is 42.2 Å². The summed E-state index contributed by atoms with van der Waals surface area (Å²) in [6.45, 7) is 11.8. The third-order valence-corrected chi connectivity index (χ3v) is 4.20. The molecule has 6 nitrogen and oxygen atoms in total. The number of hydrogen-bond donors (Lipinski definition) is 2. The molecule has 25 heavy (non-hydrogen) atoms. The molecule has 0 saturated carbocycles. The van der Waals surface area contributed by atoms with E-state index in [9.17, 15) is 0 Å². The summed E-state index contributed by atoms with van der Waals surface area (Å²) in [6.07, 6.45) is 1.85. The topological polar surface area (TPSA) is 72.2 Å². The number of aryl methyl sites for hydroxylation is 2. The second kappa shape index (κ2) is 5.51. The molecule has 6 heteroatoms. The van der Waals surface area contributed by atoms with Crippen molar-refractivity contribution in [2.24, 2.45) is 0 Å².